The summed E-state index contributed by atoms with van der Waals surface area (Å²) in [4.78, 5) is 2.32. The van der Waals surface area contributed by atoms with E-state index < -0.39 is 0 Å². The Morgan fingerprint density at radius 1 is 1.12 bits per heavy atom. The van der Waals surface area contributed by atoms with Gasteiger partial charge in [0, 0.05) is 17.6 Å². The van der Waals surface area contributed by atoms with Crippen molar-refractivity contribution >= 4 is 43.2 Å². The molecule has 90 valence electrons. The molecule has 17 heavy (non-hydrogen) atoms. The standard InChI is InChI=1S/C13H13Br2NS/c1-16(8-11-6-13(15)17-9-11)7-10-3-2-4-12(14)5-10/h2-6,9H,7-8H2,1H3. The molecule has 1 nitrogen and oxygen atoms in total. The average Bonchev–Trinajstić information content (AvgIpc) is 2.63. The molecule has 1 heterocycles. The summed E-state index contributed by atoms with van der Waals surface area (Å²) in [6.45, 7) is 1.95. The van der Waals surface area contributed by atoms with E-state index in [0.29, 0.717) is 0 Å². The first kappa shape index (κ1) is 13.3. The van der Waals surface area contributed by atoms with Gasteiger partial charge in [-0.3, -0.25) is 4.90 Å². The second kappa shape index (κ2) is 6.14. The van der Waals surface area contributed by atoms with Gasteiger partial charge < -0.3 is 0 Å². The number of nitrogens with zero attached hydrogens (tertiary/aromatic N) is 1. The van der Waals surface area contributed by atoms with Crippen molar-refractivity contribution in [2.24, 2.45) is 0 Å². The third kappa shape index (κ3) is 4.21. The molecule has 0 bridgehead atoms. The smallest absolute Gasteiger partial charge is 0.0701 e. The minimum atomic E-state index is 0.965. The van der Waals surface area contributed by atoms with Crippen LogP contribution in [-0.2, 0) is 13.1 Å². The molecule has 0 aliphatic carbocycles. The second-order valence-corrected chi connectivity index (χ2v) is 7.27. The van der Waals surface area contributed by atoms with Crippen molar-refractivity contribution in [2.45, 2.75) is 13.1 Å². The van der Waals surface area contributed by atoms with Crippen LogP contribution in [0, 0.1) is 0 Å². The van der Waals surface area contributed by atoms with Gasteiger partial charge in [0.1, 0.15) is 0 Å². The lowest BCUT2D eigenvalue weighted by molar-refractivity contribution is 0.319. The largest absolute Gasteiger partial charge is 0.298 e. The van der Waals surface area contributed by atoms with Crippen molar-refractivity contribution in [1.82, 2.24) is 4.90 Å². The molecule has 0 saturated carbocycles. The molecule has 0 aliphatic rings. The van der Waals surface area contributed by atoms with E-state index >= 15 is 0 Å². The van der Waals surface area contributed by atoms with Gasteiger partial charge in [0.2, 0.25) is 0 Å². The maximum absolute atomic E-state index is 3.50. The Labute approximate surface area is 123 Å². The zero-order chi connectivity index (χ0) is 12.3. The van der Waals surface area contributed by atoms with Gasteiger partial charge in [-0.15, -0.1) is 11.3 Å². The molecular weight excluding hydrogens is 362 g/mol. The molecule has 4 heteroatoms. The first-order valence-corrected chi connectivity index (χ1v) is 7.76. The molecule has 0 amide bonds. The summed E-state index contributed by atoms with van der Waals surface area (Å²) >= 11 is 8.73. The van der Waals surface area contributed by atoms with E-state index in [9.17, 15) is 0 Å². The summed E-state index contributed by atoms with van der Waals surface area (Å²) in [6, 6.07) is 10.6. The van der Waals surface area contributed by atoms with Gasteiger partial charge in [-0.05, 0) is 57.7 Å². The number of rotatable bonds is 4. The summed E-state index contributed by atoms with van der Waals surface area (Å²) in [5.41, 5.74) is 2.69. The molecule has 1 aromatic carbocycles. The van der Waals surface area contributed by atoms with Gasteiger partial charge in [0.25, 0.3) is 0 Å². The number of hydrogen-bond acceptors (Lipinski definition) is 2. The van der Waals surface area contributed by atoms with Crippen LogP contribution in [0.4, 0.5) is 0 Å². The van der Waals surface area contributed by atoms with Gasteiger partial charge in [-0.25, -0.2) is 0 Å². The van der Waals surface area contributed by atoms with Crippen molar-refractivity contribution in [1.29, 1.82) is 0 Å². The van der Waals surface area contributed by atoms with Crippen LogP contribution in [0.2, 0.25) is 0 Å². The predicted octanol–water partition coefficient (Wildman–Crippen LogP) is 4.91. The van der Waals surface area contributed by atoms with E-state index in [4.69, 9.17) is 0 Å². The van der Waals surface area contributed by atoms with Crippen LogP contribution in [0.15, 0.2) is 44.0 Å². The van der Waals surface area contributed by atoms with Gasteiger partial charge >= 0.3 is 0 Å². The fourth-order valence-electron chi connectivity index (χ4n) is 1.74. The van der Waals surface area contributed by atoms with Gasteiger partial charge in [0.05, 0.1) is 3.79 Å². The van der Waals surface area contributed by atoms with Crippen LogP contribution in [0.5, 0.6) is 0 Å². The summed E-state index contributed by atoms with van der Waals surface area (Å²) < 4.78 is 2.34. The van der Waals surface area contributed by atoms with E-state index in [0.717, 1.165) is 17.6 Å². The number of halogens is 2. The average molecular weight is 375 g/mol. The summed E-state index contributed by atoms with van der Waals surface area (Å²) in [6.07, 6.45) is 0. The lowest BCUT2D eigenvalue weighted by atomic mass is 10.2. The lowest BCUT2D eigenvalue weighted by Crippen LogP contribution is -2.16. The fourth-order valence-corrected chi connectivity index (χ4v) is 3.39. The van der Waals surface area contributed by atoms with Crippen LogP contribution >= 0.6 is 43.2 Å². The Hall–Kier alpha value is -0.160. The Morgan fingerprint density at radius 3 is 2.53 bits per heavy atom. The van der Waals surface area contributed by atoms with Gasteiger partial charge in [0.15, 0.2) is 0 Å². The predicted molar refractivity (Wildman–Crippen MR) is 81.3 cm³/mol. The highest BCUT2D eigenvalue weighted by Crippen LogP contribution is 2.22. The van der Waals surface area contributed by atoms with Crippen molar-refractivity contribution in [3.8, 4) is 0 Å². The molecule has 0 radical (unpaired) electrons. The molecule has 0 spiro atoms. The molecule has 2 rings (SSSR count). The molecule has 0 saturated heterocycles. The molecule has 0 N–H and O–H groups in total. The van der Waals surface area contributed by atoms with E-state index in [1.165, 1.54) is 14.9 Å². The van der Waals surface area contributed by atoms with E-state index in [1.807, 2.05) is 0 Å². The Balaban J connectivity index is 1.95. The first-order chi connectivity index (χ1) is 8.13. The molecule has 0 atom stereocenters. The normalized spacial score (nSPS) is 11.1. The molecule has 1 aromatic heterocycles. The lowest BCUT2D eigenvalue weighted by Gasteiger charge is -2.16. The monoisotopic (exact) mass is 373 g/mol. The zero-order valence-corrected chi connectivity index (χ0v) is 13.5. The first-order valence-electron chi connectivity index (χ1n) is 5.29. The highest BCUT2D eigenvalue weighted by molar-refractivity contribution is 9.11. The van der Waals surface area contributed by atoms with E-state index in [2.05, 4.69) is 79.5 Å². The van der Waals surface area contributed by atoms with Crippen molar-refractivity contribution in [3.63, 3.8) is 0 Å². The molecular formula is C13H13Br2NS. The van der Waals surface area contributed by atoms with Gasteiger partial charge in [-0.1, -0.05) is 28.1 Å². The third-order valence-corrected chi connectivity index (χ3v) is 4.46. The number of benzene rings is 1. The van der Waals surface area contributed by atoms with Crippen LogP contribution in [0.3, 0.4) is 0 Å². The topological polar surface area (TPSA) is 3.24 Å². The third-order valence-electron chi connectivity index (χ3n) is 2.42. The Bertz CT molecular complexity index is 496. The van der Waals surface area contributed by atoms with Crippen molar-refractivity contribution in [2.75, 3.05) is 7.05 Å². The second-order valence-electron chi connectivity index (χ2n) is 4.06. The van der Waals surface area contributed by atoms with E-state index in [-0.39, 0.29) is 0 Å². The van der Waals surface area contributed by atoms with Crippen LogP contribution in [0.1, 0.15) is 11.1 Å². The number of hydrogen-bond donors (Lipinski definition) is 0. The van der Waals surface area contributed by atoms with Crippen LogP contribution < -0.4 is 0 Å². The maximum atomic E-state index is 3.50. The molecule has 0 fully saturated rings. The highest BCUT2D eigenvalue weighted by Gasteiger charge is 2.04. The molecule has 0 unspecified atom stereocenters. The van der Waals surface area contributed by atoms with Crippen LogP contribution in [-0.4, -0.2) is 11.9 Å². The summed E-state index contributed by atoms with van der Waals surface area (Å²) in [5, 5.41) is 2.20. The Morgan fingerprint density at radius 2 is 1.88 bits per heavy atom. The van der Waals surface area contributed by atoms with Gasteiger partial charge in [-0.2, -0.15) is 0 Å². The number of thiophene rings is 1. The minimum absolute atomic E-state index is 0.965. The van der Waals surface area contributed by atoms with E-state index in [1.54, 1.807) is 11.3 Å². The molecule has 0 aliphatic heterocycles. The van der Waals surface area contributed by atoms with Crippen molar-refractivity contribution in [3.05, 3.63) is 55.1 Å². The maximum Gasteiger partial charge on any atom is 0.0701 e. The molecule has 2 aromatic rings. The summed E-state index contributed by atoms with van der Waals surface area (Å²) in [7, 11) is 2.15. The SMILES string of the molecule is CN(Cc1cccc(Br)c1)Cc1csc(Br)c1. The zero-order valence-electron chi connectivity index (χ0n) is 9.49. The summed E-state index contributed by atoms with van der Waals surface area (Å²) in [5.74, 6) is 0. The minimum Gasteiger partial charge on any atom is -0.298 e. The fraction of sp³-hybridized carbons (Fsp3) is 0.231. The Kier molecular flexibility index (Phi) is 4.79. The van der Waals surface area contributed by atoms with Crippen LogP contribution in [0.25, 0.3) is 0 Å². The quantitative estimate of drug-likeness (QED) is 0.735. The van der Waals surface area contributed by atoms with Crippen molar-refractivity contribution < 1.29 is 0 Å². The highest BCUT2D eigenvalue weighted by atomic mass is 79.9.